The van der Waals surface area contributed by atoms with Gasteiger partial charge in [0.1, 0.15) is 5.78 Å². The van der Waals surface area contributed by atoms with E-state index in [1.54, 1.807) is 6.42 Å². The van der Waals surface area contributed by atoms with Gasteiger partial charge in [0, 0.05) is 38.7 Å². The molecule has 0 saturated carbocycles. The van der Waals surface area contributed by atoms with Gasteiger partial charge in [0.25, 0.3) is 0 Å². The van der Waals surface area contributed by atoms with E-state index < -0.39 is 8.80 Å². The maximum absolute atomic E-state index is 11.2. The first kappa shape index (κ1) is 17.8. The van der Waals surface area contributed by atoms with E-state index in [0.717, 1.165) is 18.9 Å². The van der Waals surface area contributed by atoms with Crippen LogP contribution in [0.5, 0.6) is 0 Å². The molecule has 0 aromatic rings. The second-order valence-corrected chi connectivity index (χ2v) is 6.63. The fourth-order valence-electron chi connectivity index (χ4n) is 1.73. The fourth-order valence-corrected chi connectivity index (χ4v) is 4.37. The average Bonchev–Trinajstić information content (AvgIpc) is 2.35. The van der Waals surface area contributed by atoms with Gasteiger partial charge in [0.05, 0.1) is 0 Å². The molecule has 0 N–H and O–H groups in total. The first-order chi connectivity index (χ1) is 8.64. The molecular weight excluding hydrogens is 248 g/mol. The Morgan fingerprint density at radius 1 is 1.00 bits per heavy atom. The second-order valence-electron chi connectivity index (χ2n) is 3.90. The average molecular weight is 275 g/mol. The topological polar surface area (TPSA) is 44.8 Å². The number of ketones is 1. The van der Waals surface area contributed by atoms with Gasteiger partial charge in [-0.1, -0.05) is 6.92 Å². The third-order valence-corrected chi connectivity index (χ3v) is 5.65. The summed E-state index contributed by atoms with van der Waals surface area (Å²) in [6, 6.07) is 0.774. The first-order valence-corrected chi connectivity index (χ1v) is 8.85. The van der Waals surface area contributed by atoms with Gasteiger partial charge >= 0.3 is 8.80 Å². The smallest absolute Gasteiger partial charge is 0.374 e. The molecule has 0 bridgehead atoms. The van der Waals surface area contributed by atoms with E-state index in [9.17, 15) is 4.79 Å². The minimum atomic E-state index is -2.51. The Morgan fingerprint density at radius 2 is 1.50 bits per heavy atom. The molecule has 5 heteroatoms. The zero-order valence-electron chi connectivity index (χ0n) is 12.2. The summed E-state index contributed by atoms with van der Waals surface area (Å²) < 4.78 is 17.2. The molecule has 0 aliphatic heterocycles. The Kier molecular flexibility index (Phi) is 10.5. The van der Waals surface area contributed by atoms with E-state index in [1.807, 2.05) is 27.7 Å². The molecule has 0 saturated heterocycles. The standard InChI is InChI=1S/C13H27O4Si/c1-5-13(14)11-9-10-12-18(15-6-2,16-7-3)17-8-4/h11H,5-10,12H2,1-4H3. The zero-order chi connectivity index (χ0) is 13.9. The van der Waals surface area contributed by atoms with Crippen LogP contribution in [0.25, 0.3) is 0 Å². The van der Waals surface area contributed by atoms with Crippen molar-refractivity contribution in [1.82, 2.24) is 0 Å². The lowest BCUT2D eigenvalue weighted by Gasteiger charge is -2.28. The maximum Gasteiger partial charge on any atom is 0.500 e. The highest BCUT2D eigenvalue weighted by atomic mass is 28.4. The molecule has 0 spiro atoms. The molecule has 0 aliphatic rings. The highest BCUT2D eigenvalue weighted by Gasteiger charge is 2.39. The van der Waals surface area contributed by atoms with E-state index in [2.05, 4.69) is 0 Å². The van der Waals surface area contributed by atoms with Crippen molar-refractivity contribution in [3.63, 3.8) is 0 Å². The van der Waals surface area contributed by atoms with E-state index in [1.165, 1.54) is 0 Å². The summed E-state index contributed by atoms with van der Waals surface area (Å²) in [6.45, 7) is 9.53. The van der Waals surface area contributed by atoms with E-state index >= 15 is 0 Å². The summed E-state index contributed by atoms with van der Waals surface area (Å²) >= 11 is 0. The molecule has 0 fully saturated rings. The van der Waals surface area contributed by atoms with E-state index in [0.29, 0.717) is 26.2 Å². The number of unbranched alkanes of at least 4 members (excludes halogenated alkanes) is 1. The Hall–Kier alpha value is -0.233. The summed E-state index contributed by atoms with van der Waals surface area (Å²) in [5.41, 5.74) is 0. The van der Waals surface area contributed by atoms with E-state index in [-0.39, 0.29) is 5.78 Å². The molecule has 0 aromatic heterocycles. The first-order valence-electron chi connectivity index (χ1n) is 6.91. The van der Waals surface area contributed by atoms with Crippen molar-refractivity contribution in [2.75, 3.05) is 19.8 Å². The molecule has 18 heavy (non-hydrogen) atoms. The zero-order valence-corrected chi connectivity index (χ0v) is 13.2. The van der Waals surface area contributed by atoms with Crippen molar-refractivity contribution < 1.29 is 18.1 Å². The van der Waals surface area contributed by atoms with Crippen LogP contribution in [0.15, 0.2) is 0 Å². The van der Waals surface area contributed by atoms with Crippen molar-refractivity contribution in [2.24, 2.45) is 0 Å². The molecule has 0 rings (SSSR count). The van der Waals surface area contributed by atoms with Crippen LogP contribution in [-0.2, 0) is 18.1 Å². The van der Waals surface area contributed by atoms with Crippen molar-refractivity contribution >= 4 is 14.6 Å². The van der Waals surface area contributed by atoms with E-state index in [4.69, 9.17) is 13.3 Å². The van der Waals surface area contributed by atoms with Gasteiger partial charge in [0.2, 0.25) is 0 Å². The number of hydrogen-bond donors (Lipinski definition) is 0. The molecule has 0 unspecified atom stereocenters. The summed E-state index contributed by atoms with van der Waals surface area (Å²) in [7, 11) is -2.51. The van der Waals surface area contributed by atoms with Crippen molar-refractivity contribution in [3.05, 3.63) is 6.42 Å². The minimum Gasteiger partial charge on any atom is -0.374 e. The number of rotatable bonds is 12. The second kappa shape index (κ2) is 10.7. The van der Waals surface area contributed by atoms with Crippen LogP contribution in [0.1, 0.15) is 47.0 Å². The van der Waals surface area contributed by atoms with Gasteiger partial charge in [-0.05, 0) is 33.6 Å². The summed E-state index contributed by atoms with van der Waals surface area (Å²) in [4.78, 5) is 11.2. The maximum atomic E-state index is 11.2. The molecule has 1 radical (unpaired) electrons. The lowest BCUT2D eigenvalue weighted by Crippen LogP contribution is -2.45. The highest BCUT2D eigenvalue weighted by Crippen LogP contribution is 2.19. The molecule has 0 aliphatic carbocycles. The molecule has 107 valence electrons. The largest absolute Gasteiger partial charge is 0.500 e. The summed E-state index contributed by atoms with van der Waals surface area (Å²) in [6.07, 6.45) is 3.97. The number of hydrogen-bond acceptors (Lipinski definition) is 4. The molecule has 0 heterocycles. The van der Waals surface area contributed by atoms with Gasteiger partial charge in [-0.15, -0.1) is 0 Å². The molecule has 4 nitrogen and oxygen atoms in total. The quantitative estimate of drug-likeness (QED) is 0.406. The number of Topliss-reactive ketones (excluding diaryl/α,β-unsaturated/α-hetero) is 1. The third kappa shape index (κ3) is 7.26. The van der Waals surface area contributed by atoms with Gasteiger partial charge < -0.3 is 13.3 Å². The Balaban J connectivity index is 4.16. The lowest BCUT2D eigenvalue weighted by atomic mass is 10.1. The summed E-state index contributed by atoms with van der Waals surface area (Å²) in [5, 5.41) is 0. The van der Waals surface area contributed by atoms with Gasteiger partial charge in [-0.25, -0.2) is 0 Å². The predicted molar refractivity (Wildman–Crippen MR) is 74.3 cm³/mol. The van der Waals surface area contributed by atoms with Gasteiger partial charge in [-0.3, -0.25) is 4.79 Å². The van der Waals surface area contributed by atoms with Crippen LogP contribution >= 0.6 is 0 Å². The van der Waals surface area contributed by atoms with Crippen molar-refractivity contribution in [3.8, 4) is 0 Å². The van der Waals surface area contributed by atoms with Crippen LogP contribution in [0.4, 0.5) is 0 Å². The van der Waals surface area contributed by atoms with Crippen LogP contribution in [0, 0.1) is 6.42 Å². The van der Waals surface area contributed by atoms with Crippen LogP contribution in [-0.4, -0.2) is 34.4 Å². The lowest BCUT2D eigenvalue weighted by molar-refractivity contribution is -0.115. The van der Waals surface area contributed by atoms with Crippen LogP contribution < -0.4 is 0 Å². The molecule has 0 atom stereocenters. The van der Waals surface area contributed by atoms with Gasteiger partial charge in [-0.2, -0.15) is 0 Å². The number of carbonyl (C=O) groups excluding carboxylic acids is 1. The third-order valence-electron chi connectivity index (χ3n) is 2.50. The van der Waals surface area contributed by atoms with Crippen LogP contribution in [0.2, 0.25) is 6.04 Å². The number of carbonyl (C=O) groups is 1. The van der Waals surface area contributed by atoms with Gasteiger partial charge in [0.15, 0.2) is 0 Å². The molecule has 0 amide bonds. The predicted octanol–water partition coefficient (Wildman–Crippen LogP) is 3.00. The summed E-state index contributed by atoms with van der Waals surface area (Å²) in [5.74, 6) is 0.200. The highest BCUT2D eigenvalue weighted by molar-refractivity contribution is 6.60. The fraction of sp³-hybridized carbons (Fsp3) is 0.846. The normalized spacial score (nSPS) is 11.8. The van der Waals surface area contributed by atoms with Crippen molar-refractivity contribution in [2.45, 2.75) is 53.0 Å². The van der Waals surface area contributed by atoms with Crippen LogP contribution in [0.3, 0.4) is 0 Å². The minimum absolute atomic E-state index is 0.200. The SMILES string of the molecule is CCO[Si](CCC[CH]C(=O)CC)(OCC)OCC. The molecular formula is C13H27O4Si. The Morgan fingerprint density at radius 3 is 1.89 bits per heavy atom. The monoisotopic (exact) mass is 275 g/mol. The Labute approximate surface area is 112 Å². The molecule has 0 aromatic carbocycles. The Bertz CT molecular complexity index is 204. The van der Waals surface area contributed by atoms with Crippen molar-refractivity contribution in [1.29, 1.82) is 0 Å².